The molecule has 1 aliphatic heterocycles. The second kappa shape index (κ2) is 7.32. The molecule has 0 radical (unpaired) electrons. The molecule has 146 valence electrons. The first-order valence-corrected chi connectivity index (χ1v) is 8.82. The Labute approximate surface area is 157 Å². The van der Waals surface area contributed by atoms with Gasteiger partial charge in [-0.05, 0) is 32.0 Å². The van der Waals surface area contributed by atoms with E-state index in [4.69, 9.17) is 18.9 Å². The molecule has 0 bridgehead atoms. The van der Waals surface area contributed by atoms with Gasteiger partial charge in [-0.1, -0.05) is 0 Å². The molecule has 7 nitrogen and oxygen atoms in total. The summed E-state index contributed by atoms with van der Waals surface area (Å²) in [5, 5.41) is 11.1. The Hall–Kier alpha value is -2.38. The molecule has 1 heterocycles. The quantitative estimate of drug-likeness (QED) is 0.789. The number of hydrogen-bond acceptors (Lipinski definition) is 7. The largest absolute Gasteiger partial charge is 0.487 e. The van der Waals surface area contributed by atoms with Crippen LogP contribution in [0.4, 0.5) is 0 Å². The molecule has 0 fully saturated rings. The van der Waals surface area contributed by atoms with Crippen LogP contribution in [-0.2, 0) is 19.0 Å². The molecule has 7 heteroatoms. The van der Waals surface area contributed by atoms with E-state index in [1.54, 1.807) is 32.0 Å². The van der Waals surface area contributed by atoms with Crippen LogP contribution < -0.4 is 4.74 Å². The van der Waals surface area contributed by atoms with Crippen LogP contribution in [0, 0.1) is 0 Å². The lowest BCUT2D eigenvalue weighted by atomic mass is 9.83. The van der Waals surface area contributed by atoms with Crippen molar-refractivity contribution in [2.75, 3.05) is 14.2 Å². The molecular formula is C20H24O7. The van der Waals surface area contributed by atoms with Crippen LogP contribution in [0.5, 0.6) is 5.75 Å². The maximum atomic E-state index is 11.9. The molecule has 0 aromatic heterocycles. The van der Waals surface area contributed by atoms with Gasteiger partial charge in [-0.25, -0.2) is 4.79 Å². The Morgan fingerprint density at radius 3 is 2.67 bits per heavy atom. The zero-order valence-corrected chi connectivity index (χ0v) is 15.9. The van der Waals surface area contributed by atoms with Crippen molar-refractivity contribution < 1.29 is 33.6 Å². The average molecular weight is 376 g/mol. The number of aliphatic hydroxyl groups excluding tert-OH is 1. The third-order valence-corrected chi connectivity index (χ3v) is 5.32. The molecular weight excluding hydrogens is 352 g/mol. The molecule has 0 spiro atoms. The van der Waals surface area contributed by atoms with Crippen molar-refractivity contribution in [3.63, 3.8) is 0 Å². The van der Waals surface area contributed by atoms with Gasteiger partial charge in [0.2, 0.25) is 0 Å². The standard InChI is InChI=1S/C20H24O7/c1-11(24-3)20(2)18(22)17(26-14-7-6-13(21)10-14)15-9-12(19(23)25-4)5-8-16(15)27-20/h5,8-11,17-18,22H,6-7H2,1-4H3. The zero-order chi connectivity index (χ0) is 19.8. The molecule has 0 saturated heterocycles. The third-order valence-electron chi connectivity index (χ3n) is 5.32. The van der Waals surface area contributed by atoms with Crippen molar-refractivity contribution in [3.8, 4) is 5.75 Å². The van der Waals surface area contributed by atoms with Crippen molar-refractivity contribution in [2.24, 2.45) is 0 Å². The van der Waals surface area contributed by atoms with E-state index in [0.717, 1.165) is 0 Å². The van der Waals surface area contributed by atoms with Gasteiger partial charge in [0.25, 0.3) is 0 Å². The minimum Gasteiger partial charge on any atom is -0.487 e. The number of methoxy groups -OCH3 is 2. The second-order valence-corrected chi connectivity index (χ2v) is 6.97. The Morgan fingerprint density at radius 2 is 2.07 bits per heavy atom. The van der Waals surface area contributed by atoms with Crippen LogP contribution in [0.2, 0.25) is 0 Å². The van der Waals surface area contributed by atoms with Gasteiger partial charge < -0.3 is 24.1 Å². The van der Waals surface area contributed by atoms with Gasteiger partial charge in [0.15, 0.2) is 17.5 Å². The molecule has 27 heavy (non-hydrogen) atoms. The Morgan fingerprint density at radius 1 is 1.33 bits per heavy atom. The van der Waals surface area contributed by atoms with E-state index in [1.165, 1.54) is 20.3 Å². The number of ether oxygens (including phenoxy) is 4. The molecule has 0 saturated carbocycles. The fraction of sp³-hybridized carbons (Fsp3) is 0.500. The van der Waals surface area contributed by atoms with Gasteiger partial charge >= 0.3 is 5.97 Å². The highest BCUT2D eigenvalue weighted by Gasteiger charge is 2.51. The number of carbonyl (C=O) groups is 2. The van der Waals surface area contributed by atoms with Crippen LogP contribution in [0.1, 0.15) is 48.7 Å². The van der Waals surface area contributed by atoms with E-state index < -0.39 is 29.9 Å². The summed E-state index contributed by atoms with van der Waals surface area (Å²) in [6.45, 7) is 3.54. The normalized spacial score (nSPS) is 28.0. The molecule has 3 rings (SSSR count). The lowest BCUT2D eigenvalue weighted by Crippen LogP contribution is -2.58. The van der Waals surface area contributed by atoms with Crippen LogP contribution in [0.15, 0.2) is 30.0 Å². The summed E-state index contributed by atoms with van der Waals surface area (Å²) in [6, 6.07) is 4.83. The van der Waals surface area contributed by atoms with Gasteiger partial charge in [-0.2, -0.15) is 0 Å². The molecule has 1 aromatic carbocycles. The topological polar surface area (TPSA) is 91.3 Å². The summed E-state index contributed by atoms with van der Waals surface area (Å²) in [5.74, 6) is 0.477. The van der Waals surface area contributed by atoms with Gasteiger partial charge in [0.05, 0.1) is 18.8 Å². The van der Waals surface area contributed by atoms with Crippen LogP contribution in [0.25, 0.3) is 0 Å². The fourth-order valence-corrected chi connectivity index (χ4v) is 3.39. The minimum absolute atomic E-state index is 0.0110. The maximum absolute atomic E-state index is 11.9. The number of hydrogen-bond donors (Lipinski definition) is 1. The highest BCUT2D eigenvalue weighted by Crippen LogP contribution is 2.45. The first kappa shape index (κ1) is 19.4. The first-order chi connectivity index (χ1) is 12.8. The van der Waals surface area contributed by atoms with Crippen LogP contribution in [0.3, 0.4) is 0 Å². The number of rotatable bonds is 5. The predicted octanol–water partition coefficient (Wildman–Crippen LogP) is 2.32. The number of ketones is 1. The van der Waals surface area contributed by atoms with Gasteiger partial charge in [-0.15, -0.1) is 0 Å². The summed E-state index contributed by atoms with van der Waals surface area (Å²) in [5.41, 5.74) is -0.241. The Bertz CT molecular complexity index is 785. The average Bonchev–Trinajstić information content (AvgIpc) is 3.08. The van der Waals surface area contributed by atoms with Crippen molar-refractivity contribution in [1.82, 2.24) is 0 Å². The predicted molar refractivity (Wildman–Crippen MR) is 95.4 cm³/mol. The van der Waals surface area contributed by atoms with E-state index in [-0.39, 0.29) is 5.78 Å². The van der Waals surface area contributed by atoms with Crippen molar-refractivity contribution in [1.29, 1.82) is 0 Å². The molecule has 4 atom stereocenters. The molecule has 4 unspecified atom stereocenters. The molecule has 2 aliphatic rings. The summed E-state index contributed by atoms with van der Waals surface area (Å²) < 4.78 is 22.3. The molecule has 0 amide bonds. The highest BCUT2D eigenvalue weighted by molar-refractivity contribution is 5.92. The zero-order valence-electron chi connectivity index (χ0n) is 15.9. The Balaban J connectivity index is 2.05. The van der Waals surface area contributed by atoms with Gasteiger partial charge in [-0.3, -0.25) is 4.79 Å². The number of benzene rings is 1. The van der Waals surface area contributed by atoms with Crippen molar-refractivity contribution in [3.05, 3.63) is 41.2 Å². The monoisotopic (exact) mass is 376 g/mol. The molecule has 1 aromatic rings. The number of allylic oxidation sites excluding steroid dienone is 2. The summed E-state index contributed by atoms with van der Waals surface area (Å²) in [4.78, 5) is 23.5. The van der Waals surface area contributed by atoms with Crippen molar-refractivity contribution >= 4 is 11.8 Å². The summed E-state index contributed by atoms with van der Waals surface area (Å²) >= 11 is 0. The maximum Gasteiger partial charge on any atom is 0.337 e. The van der Waals surface area contributed by atoms with Gasteiger partial charge in [0.1, 0.15) is 17.6 Å². The number of esters is 1. The highest BCUT2D eigenvalue weighted by atomic mass is 16.6. The van der Waals surface area contributed by atoms with Crippen molar-refractivity contribution in [2.45, 2.75) is 50.6 Å². The van der Waals surface area contributed by atoms with E-state index in [1.807, 2.05) is 0 Å². The Kier molecular flexibility index (Phi) is 5.26. The third kappa shape index (κ3) is 3.44. The summed E-state index contributed by atoms with van der Waals surface area (Å²) in [6.07, 6.45) is -0.0434. The number of carbonyl (C=O) groups excluding carboxylic acids is 2. The van der Waals surface area contributed by atoms with E-state index in [9.17, 15) is 14.7 Å². The van der Waals surface area contributed by atoms with E-state index in [2.05, 4.69) is 0 Å². The minimum atomic E-state index is -1.09. The lowest BCUT2D eigenvalue weighted by molar-refractivity contribution is -0.175. The summed E-state index contributed by atoms with van der Waals surface area (Å²) in [7, 11) is 2.84. The number of aliphatic hydroxyl groups is 1. The lowest BCUT2D eigenvalue weighted by Gasteiger charge is -2.46. The van der Waals surface area contributed by atoms with E-state index in [0.29, 0.717) is 35.5 Å². The molecule has 1 N–H and O–H groups in total. The van der Waals surface area contributed by atoms with Crippen LogP contribution >= 0.6 is 0 Å². The van der Waals surface area contributed by atoms with E-state index >= 15 is 0 Å². The SMILES string of the molecule is COC(=O)c1ccc2c(c1)C(OC1=CC(=O)CC1)C(O)C(C)(C(C)OC)O2. The first-order valence-electron chi connectivity index (χ1n) is 8.82. The second-order valence-electron chi connectivity index (χ2n) is 6.97. The fourth-order valence-electron chi connectivity index (χ4n) is 3.39. The van der Waals surface area contributed by atoms with Gasteiger partial charge in [0, 0.05) is 31.6 Å². The molecule has 1 aliphatic carbocycles. The van der Waals surface area contributed by atoms with Crippen LogP contribution in [-0.4, -0.2) is 48.9 Å². The number of fused-ring (bicyclic) bond motifs is 1. The smallest absolute Gasteiger partial charge is 0.337 e.